The minimum atomic E-state index is -3.79. The molecule has 202 valence electrons. The van der Waals surface area contributed by atoms with Crippen LogP contribution in [0.3, 0.4) is 0 Å². The van der Waals surface area contributed by atoms with Crippen molar-refractivity contribution >= 4 is 32.1 Å². The van der Waals surface area contributed by atoms with Crippen molar-refractivity contribution in [1.82, 2.24) is 4.90 Å². The number of aldehydes is 1. The molecule has 0 amide bonds. The van der Waals surface area contributed by atoms with Crippen LogP contribution in [0.5, 0.6) is 5.75 Å². The molecule has 4 aliphatic rings. The predicted molar refractivity (Wildman–Crippen MR) is 149 cm³/mol. The third kappa shape index (κ3) is 4.14. The number of likely N-dealkylation sites (tertiary alicyclic amines) is 1. The van der Waals surface area contributed by atoms with Gasteiger partial charge in [-0.2, -0.15) is 0 Å². The van der Waals surface area contributed by atoms with Gasteiger partial charge in [0.1, 0.15) is 23.4 Å². The second-order valence-electron chi connectivity index (χ2n) is 11.6. The van der Waals surface area contributed by atoms with Gasteiger partial charge in [0.05, 0.1) is 16.7 Å². The normalized spacial score (nSPS) is 30.7. The molecule has 2 heterocycles. The molecule has 38 heavy (non-hydrogen) atoms. The lowest BCUT2D eigenvalue weighted by molar-refractivity contribution is -0.120. The Kier molecular flexibility index (Phi) is 6.51. The molecule has 0 radical (unpaired) electrons. The highest BCUT2D eigenvalue weighted by Gasteiger charge is 2.61. The molecular formula is C30H34BrNO5S. The second kappa shape index (κ2) is 9.49. The van der Waals surface area contributed by atoms with E-state index in [1.165, 1.54) is 5.57 Å². The molecule has 1 N–H and O–H groups in total. The Balaban J connectivity index is 1.35. The second-order valence-corrected chi connectivity index (χ2v) is 14.8. The van der Waals surface area contributed by atoms with E-state index in [1.807, 2.05) is 37.3 Å². The summed E-state index contributed by atoms with van der Waals surface area (Å²) in [5.74, 6) is 1.29. The molecule has 3 fully saturated rings. The van der Waals surface area contributed by atoms with Crippen LogP contribution in [0, 0.1) is 18.3 Å². The molecule has 2 saturated carbocycles. The molecule has 2 unspecified atom stereocenters. The third-order valence-electron chi connectivity index (χ3n) is 9.35. The van der Waals surface area contributed by atoms with Crippen molar-refractivity contribution in [3.05, 3.63) is 69.4 Å². The number of halogens is 1. The number of allylic oxidation sites excluding steroid dienone is 2. The van der Waals surface area contributed by atoms with Crippen molar-refractivity contribution in [2.24, 2.45) is 11.3 Å². The summed E-state index contributed by atoms with van der Waals surface area (Å²) in [7, 11) is -3.79. The average molecular weight is 601 g/mol. The standard InChI is InChI=1S/C30H34BrNO5S/c1-20-2-7-24(8-3-20)38(35,36)30-14-15-32(27(30)17-37-26-16-23(31)6-9-25(26)30)18-29(19-33)12-10-22(11-13-29)28(34)21-4-5-21/h2-3,6-9,16,19,22,27,34H,4-5,10-15,17-18H2,1H3. The lowest BCUT2D eigenvalue weighted by atomic mass is 9.70. The average Bonchev–Trinajstić information content (AvgIpc) is 3.70. The number of carbonyl (C=O) groups excluding carboxylic acids is 1. The Hall–Kier alpha value is -2.16. The topological polar surface area (TPSA) is 83.9 Å². The van der Waals surface area contributed by atoms with Gasteiger partial charge in [0, 0.05) is 34.5 Å². The van der Waals surface area contributed by atoms with Crippen molar-refractivity contribution in [1.29, 1.82) is 0 Å². The molecule has 0 bridgehead atoms. The van der Waals surface area contributed by atoms with Crippen LogP contribution in [0.15, 0.2) is 63.2 Å². The highest BCUT2D eigenvalue weighted by molar-refractivity contribution is 9.10. The van der Waals surface area contributed by atoms with Crippen LogP contribution in [0.4, 0.5) is 0 Å². The van der Waals surface area contributed by atoms with E-state index in [-0.39, 0.29) is 12.5 Å². The van der Waals surface area contributed by atoms with Crippen LogP contribution in [-0.4, -0.2) is 50.4 Å². The van der Waals surface area contributed by atoms with Crippen LogP contribution in [0.2, 0.25) is 0 Å². The summed E-state index contributed by atoms with van der Waals surface area (Å²) in [4.78, 5) is 15.1. The highest BCUT2D eigenvalue weighted by atomic mass is 79.9. The molecule has 2 aromatic carbocycles. The summed E-state index contributed by atoms with van der Waals surface area (Å²) in [6.45, 7) is 3.28. The maximum absolute atomic E-state index is 14.5. The Bertz CT molecular complexity index is 1390. The Morgan fingerprint density at radius 3 is 2.50 bits per heavy atom. The number of sulfone groups is 1. The van der Waals surface area contributed by atoms with E-state index >= 15 is 0 Å². The first-order valence-electron chi connectivity index (χ1n) is 13.5. The van der Waals surface area contributed by atoms with Gasteiger partial charge >= 0.3 is 0 Å². The van der Waals surface area contributed by atoms with E-state index in [0.717, 1.165) is 42.0 Å². The molecule has 8 heteroatoms. The van der Waals surface area contributed by atoms with Crippen LogP contribution >= 0.6 is 15.9 Å². The number of hydrogen-bond donors (Lipinski definition) is 1. The number of benzene rings is 2. The van der Waals surface area contributed by atoms with Crippen LogP contribution in [0.1, 0.15) is 56.1 Å². The van der Waals surface area contributed by atoms with E-state index in [2.05, 4.69) is 20.8 Å². The van der Waals surface area contributed by atoms with Gasteiger partial charge in [-0.15, -0.1) is 0 Å². The number of fused-ring (bicyclic) bond motifs is 3. The lowest BCUT2D eigenvalue weighted by Crippen LogP contribution is -2.55. The monoisotopic (exact) mass is 599 g/mol. The fraction of sp³-hybridized carbons (Fsp3) is 0.500. The fourth-order valence-electron chi connectivity index (χ4n) is 6.98. The molecule has 2 aliphatic carbocycles. The molecular weight excluding hydrogens is 566 g/mol. The van der Waals surface area contributed by atoms with Crippen molar-refractivity contribution in [2.45, 2.75) is 67.6 Å². The van der Waals surface area contributed by atoms with Gasteiger partial charge in [0.25, 0.3) is 0 Å². The Labute approximate surface area is 233 Å². The smallest absolute Gasteiger partial charge is 0.190 e. The fourth-order valence-corrected chi connectivity index (χ4v) is 9.63. The zero-order valence-electron chi connectivity index (χ0n) is 21.7. The zero-order valence-corrected chi connectivity index (χ0v) is 24.1. The molecule has 6 rings (SSSR count). The summed E-state index contributed by atoms with van der Waals surface area (Å²) in [5, 5.41) is 10.6. The lowest BCUT2D eigenvalue weighted by Gasteiger charge is -2.45. The quantitative estimate of drug-likeness (QED) is 0.330. The largest absolute Gasteiger partial charge is 0.512 e. The molecule has 2 aromatic rings. The van der Waals surface area contributed by atoms with Crippen molar-refractivity contribution in [2.75, 3.05) is 19.7 Å². The number of aryl methyl sites for hydroxylation is 1. The molecule has 0 aromatic heterocycles. The summed E-state index contributed by atoms with van der Waals surface area (Å²) in [6, 6.07) is 12.3. The van der Waals surface area contributed by atoms with E-state index in [0.29, 0.717) is 54.3 Å². The van der Waals surface area contributed by atoms with Gasteiger partial charge in [-0.1, -0.05) is 39.7 Å². The summed E-state index contributed by atoms with van der Waals surface area (Å²) in [6.07, 6.45) is 6.48. The Morgan fingerprint density at radius 1 is 1.13 bits per heavy atom. The molecule has 6 nitrogen and oxygen atoms in total. The zero-order chi connectivity index (χ0) is 26.7. The van der Waals surface area contributed by atoms with E-state index in [4.69, 9.17) is 4.74 Å². The van der Waals surface area contributed by atoms with Crippen molar-refractivity contribution in [3.8, 4) is 5.75 Å². The van der Waals surface area contributed by atoms with Crippen molar-refractivity contribution < 1.29 is 23.1 Å². The van der Waals surface area contributed by atoms with Gasteiger partial charge in [-0.05, 0) is 81.7 Å². The van der Waals surface area contributed by atoms with E-state index in [9.17, 15) is 18.3 Å². The van der Waals surface area contributed by atoms with Gasteiger partial charge in [-0.25, -0.2) is 8.42 Å². The maximum Gasteiger partial charge on any atom is 0.190 e. The van der Waals surface area contributed by atoms with E-state index < -0.39 is 26.0 Å². The highest BCUT2D eigenvalue weighted by Crippen LogP contribution is 2.54. The number of ether oxygens (including phenoxy) is 1. The number of hydrogen-bond acceptors (Lipinski definition) is 6. The third-order valence-corrected chi connectivity index (χ3v) is 12.4. The number of nitrogens with zero attached hydrogens (tertiary/aromatic N) is 1. The number of aliphatic hydroxyl groups excluding tert-OH is 1. The minimum absolute atomic E-state index is 0.142. The summed E-state index contributed by atoms with van der Waals surface area (Å²) >= 11 is 3.51. The maximum atomic E-state index is 14.5. The molecule has 2 aliphatic heterocycles. The number of carbonyl (C=O) groups is 1. The predicted octanol–water partition coefficient (Wildman–Crippen LogP) is 5.87. The molecule has 2 atom stereocenters. The number of aliphatic hydroxyl groups is 1. The first-order valence-corrected chi connectivity index (χ1v) is 15.8. The molecule has 0 spiro atoms. The van der Waals surface area contributed by atoms with Crippen LogP contribution in [0.25, 0.3) is 0 Å². The van der Waals surface area contributed by atoms with Crippen molar-refractivity contribution in [3.63, 3.8) is 0 Å². The summed E-state index contributed by atoms with van der Waals surface area (Å²) in [5.41, 5.74) is 2.33. The van der Waals surface area contributed by atoms with Crippen LogP contribution < -0.4 is 4.74 Å². The number of rotatable bonds is 6. The first-order chi connectivity index (χ1) is 18.2. The van der Waals surface area contributed by atoms with Gasteiger partial charge in [-0.3, -0.25) is 4.90 Å². The van der Waals surface area contributed by atoms with Crippen LogP contribution in [-0.2, 0) is 19.4 Å². The molecule has 1 saturated heterocycles. The SMILES string of the molecule is Cc1ccc(S(=O)(=O)C23CCN(CC4(C=O)CCC(C(O)=C5CC5)CC4)C2COc2cc(Br)ccc23)cc1. The van der Waals surface area contributed by atoms with E-state index in [1.54, 1.807) is 12.1 Å². The summed E-state index contributed by atoms with van der Waals surface area (Å²) < 4.78 is 34.9. The first kappa shape index (κ1) is 26.1. The Morgan fingerprint density at radius 2 is 1.84 bits per heavy atom. The van der Waals surface area contributed by atoms with Gasteiger partial charge < -0.3 is 14.6 Å². The minimum Gasteiger partial charge on any atom is -0.512 e. The van der Waals surface area contributed by atoms with Gasteiger partial charge in [0.15, 0.2) is 9.84 Å². The van der Waals surface area contributed by atoms with Gasteiger partial charge in [0.2, 0.25) is 0 Å².